The monoisotopic (exact) mass is 389 g/mol. The molecule has 0 aliphatic heterocycles. The molecule has 0 N–H and O–H groups in total. The summed E-state index contributed by atoms with van der Waals surface area (Å²) in [7, 11) is 3.28. The maximum Gasteiger partial charge on any atom is 0.319 e. The van der Waals surface area contributed by atoms with Gasteiger partial charge in [0.25, 0.3) is 0 Å². The molecule has 0 aliphatic carbocycles. The average molecular weight is 389 g/mol. The van der Waals surface area contributed by atoms with E-state index in [1.807, 2.05) is 71.4 Å². The lowest BCUT2D eigenvalue weighted by Crippen LogP contribution is -2.26. The quantitative estimate of drug-likeness (QED) is 0.448. The van der Waals surface area contributed by atoms with E-state index in [2.05, 4.69) is 12.1 Å². The van der Waals surface area contributed by atoms with Crippen molar-refractivity contribution >= 4 is 16.9 Å². The van der Waals surface area contributed by atoms with Crippen molar-refractivity contribution in [2.24, 2.45) is 0 Å². The molecule has 4 rings (SSSR count). The van der Waals surface area contributed by atoms with Crippen LogP contribution in [-0.2, 0) is 22.6 Å². The number of para-hydroxylation sites is 1. The fraction of sp³-hybridized carbons (Fsp3) is 0.217. The van der Waals surface area contributed by atoms with Gasteiger partial charge in [0.15, 0.2) is 5.76 Å². The largest absolute Gasteiger partial charge is 0.468 e. The van der Waals surface area contributed by atoms with E-state index in [4.69, 9.17) is 14.3 Å². The number of fused-ring (bicyclic) bond motifs is 1. The number of hydrogen-bond acceptors (Lipinski definition) is 5. The predicted molar refractivity (Wildman–Crippen MR) is 111 cm³/mol. The summed E-state index contributed by atoms with van der Waals surface area (Å²) in [6, 6.07) is 20.1. The van der Waals surface area contributed by atoms with Crippen LogP contribution in [0.2, 0.25) is 0 Å². The maximum absolute atomic E-state index is 11.6. The van der Waals surface area contributed by atoms with Gasteiger partial charge < -0.3 is 9.15 Å². The van der Waals surface area contributed by atoms with E-state index in [0.29, 0.717) is 13.1 Å². The highest BCUT2D eigenvalue weighted by Gasteiger charge is 2.18. The van der Waals surface area contributed by atoms with E-state index in [9.17, 15) is 4.79 Å². The SMILES string of the molecule is COC(=O)CN(C)Cc1cn(Cc2ccccc2)nc1-c1cc2ccccc2o1. The molecule has 0 fully saturated rings. The zero-order valence-electron chi connectivity index (χ0n) is 16.5. The van der Waals surface area contributed by atoms with Gasteiger partial charge in [-0.25, -0.2) is 0 Å². The van der Waals surface area contributed by atoms with E-state index in [1.54, 1.807) is 0 Å². The van der Waals surface area contributed by atoms with E-state index in [0.717, 1.165) is 28.0 Å². The fourth-order valence-corrected chi connectivity index (χ4v) is 3.37. The van der Waals surface area contributed by atoms with Crippen LogP contribution in [0.5, 0.6) is 0 Å². The second-order valence-corrected chi connectivity index (χ2v) is 7.08. The number of carbonyl (C=O) groups is 1. The first-order valence-corrected chi connectivity index (χ1v) is 9.47. The van der Waals surface area contributed by atoms with Gasteiger partial charge in [0, 0.05) is 23.7 Å². The topological polar surface area (TPSA) is 60.5 Å². The standard InChI is InChI=1S/C23H23N3O3/c1-25(16-22(27)28-2)14-19-15-26(13-17-8-4-3-5-9-17)24-23(19)21-12-18-10-6-7-11-20(18)29-21/h3-12,15H,13-14,16H2,1-2H3. The van der Waals surface area contributed by atoms with Gasteiger partial charge in [0.2, 0.25) is 0 Å². The molecule has 0 amide bonds. The van der Waals surface area contributed by atoms with Gasteiger partial charge in [-0.05, 0) is 24.7 Å². The molecule has 2 aromatic carbocycles. The van der Waals surface area contributed by atoms with Gasteiger partial charge in [0.05, 0.1) is 20.2 Å². The lowest BCUT2D eigenvalue weighted by Gasteiger charge is -2.14. The minimum absolute atomic E-state index is 0.208. The van der Waals surface area contributed by atoms with Crippen molar-refractivity contribution in [1.29, 1.82) is 0 Å². The van der Waals surface area contributed by atoms with Crippen LogP contribution >= 0.6 is 0 Å². The van der Waals surface area contributed by atoms with Crippen LogP contribution in [-0.4, -0.2) is 41.4 Å². The summed E-state index contributed by atoms with van der Waals surface area (Å²) in [5.74, 6) is 0.453. The molecule has 0 aliphatic rings. The molecule has 0 atom stereocenters. The van der Waals surface area contributed by atoms with Crippen molar-refractivity contribution in [3.8, 4) is 11.5 Å². The highest BCUT2D eigenvalue weighted by Crippen LogP contribution is 2.29. The molecule has 2 heterocycles. The summed E-state index contributed by atoms with van der Waals surface area (Å²) in [6.07, 6.45) is 2.02. The summed E-state index contributed by atoms with van der Waals surface area (Å²) < 4.78 is 12.7. The van der Waals surface area contributed by atoms with Gasteiger partial charge >= 0.3 is 5.97 Å². The van der Waals surface area contributed by atoms with Crippen molar-refractivity contribution < 1.29 is 13.9 Å². The lowest BCUT2D eigenvalue weighted by molar-refractivity contribution is -0.141. The molecule has 29 heavy (non-hydrogen) atoms. The van der Waals surface area contributed by atoms with Crippen LogP contribution in [0.15, 0.2) is 71.3 Å². The van der Waals surface area contributed by atoms with Crippen LogP contribution in [0.25, 0.3) is 22.4 Å². The third kappa shape index (κ3) is 4.38. The molecule has 6 nitrogen and oxygen atoms in total. The summed E-state index contributed by atoms with van der Waals surface area (Å²) >= 11 is 0. The number of hydrogen-bond donors (Lipinski definition) is 0. The minimum atomic E-state index is -0.269. The number of nitrogens with zero attached hydrogens (tertiary/aromatic N) is 3. The van der Waals surface area contributed by atoms with E-state index in [1.165, 1.54) is 12.7 Å². The normalized spacial score (nSPS) is 11.3. The number of furan rings is 1. The fourth-order valence-electron chi connectivity index (χ4n) is 3.37. The molecule has 0 saturated carbocycles. The van der Waals surface area contributed by atoms with E-state index >= 15 is 0 Å². The van der Waals surface area contributed by atoms with Gasteiger partial charge in [-0.2, -0.15) is 5.10 Å². The first kappa shape index (κ1) is 19.0. The van der Waals surface area contributed by atoms with Crippen LogP contribution < -0.4 is 0 Å². The Bertz CT molecular complexity index is 1080. The van der Waals surface area contributed by atoms with Gasteiger partial charge in [-0.1, -0.05) is 48.5 Å². The van der Waals surface area contributed by atoms with Crippen molar-refractivity contribution in [3.63, 3.8) is 0 Å². The number of esters is 1. The molecule has 0 unspecified atom stereocenters. The Morgan fingerprint density at radius 1 is 1.14 bits per heavy atom. The number of rotatable bonds is 7. The van der Waals surface area contributed by atoms with Gasteiger partial charge in [-0.3, -0.25) is 14.4 Å². The molecule has 4 aromatic rings. The van der Waals surface area contributed by atoms with Crippen molar-refractivity contribution in [1.82, 2.24) is 14.7 Å². The lowest BCUT2D eigenvalue weighted by atomic mass is 10.2. The molecule has 0 saturated heterocycles. The zero-order chi connectivity index (χ0) is 20.2. The van der Waals surface area contributed by atoms with Crippen LogP contribution in [0.4, 0.5) is 0 Å². The Labute approximate surface area is 169 Å². The first-order chi connectivity index (χ1) is 14.1. The maximum atomic E-state index is 11.6. The zero-order valence-corrected chi connectivity index (χ0v) is 16.5. The first-order valence-electron chi connectivity index (χ1n) is 9.47. The Morgan fingerprint density at radius 2 is 1.90 bits per heavy atom. The molecule has 6 heteroatoms. The highest BCUT2D eigenvalue weighted by molar-refractivity contribution is 5.82. The molecular formula is C23H23N3O3. The van der Waals surface area contributed by atoms with Crippen LogP contribution in [0.3, 0.4) is 0 Å². The highest BCUT2D eigenvalue weighted by atomic mass is 16.5. The number of carbonyl (C=O) groups excluding carboxylic acids is 1. The summed E-state index contributed by atoms with van der Waals surface area (Å²) in [6.45, 7) is 1.42. The number of ether oxygens (including phenoxy) is 1. The second-order valence-electron chi connectivity index (χ2n) is 7.08. The molecule has 0 radical (unpaired) electrons. The Balaban J connectivity index is 1.67. The molecular weight excluding hydrogens is 366 g/mol. The Kier molecular flexibility index (Phi) is 5.44. The molecule has 0 spiro atoms. The third-order valence-corrected chi connectivity index (χ3v) is 4.75. The molecule has 0 bridgehead atoms. The van der Waals surface area contributed by atoms with Crippen molar-refractivity contribution in [3.05, 3.63) is 78.0 Å². The predicted octanol–water partition coefficient (Wildman–Crippen LogP) is 3.95. The van der Waals surface area contributed by atoms with Crippen LogP contribution in [0, 0.1) is 0 Å². The molecule has 148 valence electrons. The number of aromatic nitrogens is 2. The van der Waals surface area contributed by atoms with Crippen molar-refractivity contribution in [2.45, 2.75) is 13.1 Å². The minimum Gasteiger partial charge on any atom is -0.468 e. The Hall–Kier alpha value is -3.38. The smallest absolute Gasteiger partial charge is 0.319 e. The Morgan fingerprint density at radius 3 is 2.66 bits per heavy atom. The summed E-state index contributed by atoms with van der Waals surface area (Å²) in [5.41, 5.74) is 3.77. The van der Waals surface area contributed by atoms with E-state index < -0.39 is 0 Å². The van der Waals surface area contributed by atoms with Crippen LogP contribution in [0.1, 0.15) is 11.1 Å². The van der Waals surface area contributed by atoms with Gasteiger partial charge in [-0.15, -0.1) is 0 Å². The number of likely N-dealkylation sites (N-methyl/N-ethyl adjacent to an activating group) is 1. The molecule has 2 aromatic heterocycles. The third-order valence-electron chi connectivity index (χ3n) is 4.75. The van der Waals surface area contributed by atoms with Crippen molar-refractivity contribution in [2.75, 3.05) is 20.7 Å². The van der Waals surface area contributed by atoms with E-state index in [-0.39, 0.29) is 12.5 Å². The van der Waals surface area contributed by atoms with Gasteiger partial charge in [0.1, 0.15) is 11.3 Å². The number of benzene rings is 2. The number of methoxy groups -OCH3 is 1. The summed E-state index contributed by atoms with van der Waals surface area (Å²) in [5, 5.41) is 5.84. The average Bonchev–Trinajstić information content (AvgIpc) is 3.32. The summed E-state index contributed by atoms with van der Waals surface area (Å²) in [4.78, 5) is 13.5. The second kappa shape index (κ2) is 8.32.